The molecule has 0 radical (unpaired) electrons. The number of carbonyl (C=O) groups is 1. The molecule has 0 fully saturated rings. The number of nitrogens with zero attached hydrogens (tertiary/aromatic N) is 1. The maximum absolute atomic E-state index is 13.0. The van der Waals surface area contributed by atoms with E-state index in [0.717, 1.165) is 4.88 Å². The Labute approximate surface area is 121 Å². The van der Waals surface area contributed by atoms with E-state index in [1.54, 1.807) is 35.4 Å². The van der Waals surface area contributed by atoms with E-state index < -0.39 is 0 Å². The van der Waals surface area contributed by atoms with Crippen molar-refractivity contribution in [1.29, 1.82) is 0 Å². The van der Waals surface area contributed by atoms with E-state index >= 15 is 0 Å². The monoisotopic (exact) mass is 293 g/mol. The van der Waals surface area contributed by atoms with Gasteiger partial charge in [0.2, 0.25) is 0 Å². The number of ether oxygens (including phenoxy) is 1. The molecule has 1 aromatic carbocycles. The zero-order valence-electron chi connectivity index (χ0n) is 11.4. The zero-order chi connectivity index (χ0) is 14.5. The Morgan fingerprint density at radius 1 is 1.40 bits per heavy atom. The van der Waals surface area contributed by atoms with Crippen molar-refractivity contribution in [3.63, 3.8) is 0 Å². The topological polar surface area (TPSA) is 29.5 Å². The van der Waals surface area contributed by atoms with E-state index in [-0.39, 0.29) is 24.4 Å². The van der Waals surface area contributed by atoms with Gasteiger partial charge in [-0.1, -0.05) is 12.1 Å². The quantitative estimate of drug-likeness (QED) is 0.844. The second-order valence-electron chi connectivity index (χ2n) is 4.44. The lowest BCUT2D eigenvalue weighted by atomic mass is 10.2. The van der Waals surface area contributed by atoms with Crippen LogP contribution in [-0.4, -0.2) is 24.5 Å². The molecule has 0 aliphatic carbocycles. The molecular formula is C15H16FNO2S. The highest BCUT2D eigenvalue weighted by Crippen LogP contribution is 2.23. The fourth-order valence-corrected chi connectivity index (χ4v) is 2.57. The summed E-state index contributed by atoms with van der Waals surface area (Å²) in [5.41, 5.74) is 0. The third-order valence-electron chi connectivity index (χ3n) is 3.09. The average Bonchev–Trinajstić information content (AvgIpc) is 2.97. The molecule has 0 N–H and O–H groups in total. The van der Waals surface area contributed by atoms with E-state index in [1.165, 1.54) is 12.1 Å². The highest BCUT2D eigenvalue weighted by atomic mass is 32.1. The van der Waals surface area contributed by atoms with E-state index in [2.05, 4.69) is 0 Å². The number of carbonyl (C=O) groups excluding carboxylic acids is 1. The van der Waals surface area contributed by atoms with Crippen LogP contribution < -0.4 is 4.74 Å². The highest BCUT2D eigenvalue weighted by Gasteiger charge is 2.18. The minimum absolute atomic E-state index is 0.00129. The predicted molar refractivity (Wildman–Crippen MR) is 77.4 cm³/mol. The molecule has 0 bridgehead atoms. The molecule has 3 nitrogen and oxygen atoms in total. The molecule has 0 aliphatic heterocycles. The van der Waals surface area contributed by atoms with Gasteiger partial charge in [-0.3, -0.25) is 4.79 Å². The minimum atomic E-state index is -0.379. The Kier molecular flexibility index (Phi) is 4.74. The fourth-order valence-electron chi connectivity index (χ4n) is 1.74. The largest absolute Gasteiger partial charge is 0.484 e. The SMILES string of the molecule is CC(c1cccs1)N(C)C(=O)COc1cccc(F)c1. The normalized spacial score (nSPS) is 11.9. The number of benzene rings is 1. The van der Waals surface area contributed by atoms with Gasteiger partial charge >= 0.3 is 0 Å². The van der Waals surface area contributed by atoms with Crippen molar-refractivity contribution in [2.24, 2.45) is 0 Å². The summed E-state index contributed by atoms with van der Waals surface area (Å²) in [5, 5.41) is 1.98. The van der Waals surface area contributed by atoms with Crippen LogP contribution >= 0.6 is 11.3 Å². The summed E-state index contributed by atoms with van der Waals surface area (Å²) < 4.78 is 18.3. The molecule has 0 saturated heterocycles. The Balaban J connectivity index is 1.91. The Morgan fingerprint density at radius 3 is 2.85 bits per heavy atom. The third kappa shape index (κ3) is 3.57. The summed E-state index contributed by atoms with van der Waals surface area (Å²) in [6, 6.07) is 9.71. The first-order valence-corrected chi connectivity index (χ1v) is 7.13. The van der Waals surface area contributed by atoms with Gasteiger partial charge in [0, 0.05) is 18.0 Å². The summed E-state index contributed by atoms with van der Waals surface area (Å²) >= 11 is 1.61. The first kappa shape index (κ1) is 14.5. The summed E-state index contributed by atoms with van der Waals surface area (Å²) in [5.74, 6) is -0.166. The summed E-state index contributed by atoms with van der Waals surface area (Å²) in [6.07, 6.45) is 0. The molecule has 1 amide bonds. The van der Waals surface area contributed by atoms with Crippen LogP contribution in [0.4, 0.5) is 4.39 Å². The molecule has 0 spiro atoms. The van der Waals surface area contributed by atoms with E-state index in [9.17, 15) is 9.18 Å². The molecular weight excluding hydrogens is 277 g/mol. The second-order valence-corrected chi connectivity index (χ2v) is 5.42. The van der Waals surface area contributed by atoms with Crippen LogP contribution in [0.25, 0.3) is 0 Å². The molecule has 0 saturated carbocycles. The van der Waals surface area contributed by atoms with E-state index in [1.807, 2.05) is 24.4 Å². The number of hydrogen-bond donors (Lipinski definition) is 0. The van der Waals surface area contributed by atoms with Gasteiger partial charge in [-0.2, -0.15) is 0 Å². The molecule has 0 aliphatic rings. The zero-order valence-corrected chi connectivity index (χ0v) is 12.2. The van der Waals surface area contributed by atoms with Gasteiger partial charge in [0.05, 0.1) is 6.04 Å². The lowest BCUT2D eigenvalue weighted by Gasteiger charge is -2.24. The number of halogens is 1. The molecule has 5 heteroatoms. The van der Waals surface area contributed by atoms with Crippen molar-refractivity contribution in [3.05, 3.63) is 52.5 Å². The minimum Gasteiger partial charge on any atom is -0.484 e. The van der Waals surface area contributed by atoms with Gasteiger partial charge < -0.3 is 9.64 Å². The lowest BCUT2D eigenvalue weighted by molar-refractivity contribution is -0.133. The number of rotatable bonds is 5. The Hall–Kier alpha value is -1.88. The smallest absolute Gasteiger partial charge is 0.260 e. The number of likely N-dealkylation sites (N-methyl/N-ethyl adjacent to an activating group) is 1. The maximum atomic E-state index is 13.0. The third-order valence-corrected chi connectivity index (χ3v) is 4.13. The van der Waals surface area contributed by atoms with E-state index in [0.29, 0.717) is 5.75 Å². The first-order chi connectivity index (χ1) is 9.58. The number of amides is 1. The van der Waals surface area contributed by atoms with Gasteiger partial charge in [0.1, 0.15) is 11.6 Å². The summed E-state index contributed by atoms with van der Waals surface area (Å²) in [7, 11) is 1.74. The predicted octanol–water partition coefficient (Wildman–Crippen LogP) is 3.49. The second kappa shape index (κ2) is 6.52. The molecule has 1 unspecified atom stereocenters. The summed E-state index contributed by atoms with van der Waals surface area (Å²) in [6.45, 7) is 1.86. The van der Waals surface area contributed by atoms with Gasteiger partial charge in [-0.15, -0.1) is 11.3 Å². The molecule has 20 heavy (non-hydrogen) atoms. The summed E-state index contributed by atoms with van der Waals surface area (Å²) in [4.78, 5) is 14.8. The van der Waals surface area contributed by atoms with Gasteiger partial charge in [-0.25, -0.2) is 4.39 Å². The van der Waals surface area contributed by atoms with E-state index in [4.69, 9.17) is 4.74 Å². The first-order valence-electron chi connectivity index (χ1n) is 6.25. The van der Waals surface area contributed by atoms with Crippen LogP contribution in [0.15, 0.2) is 41.8 Å². The van der Waals surface area contributed by atoms with Crippen molar-refractivity contribution >= 4 is 17.2 Å². The maximum Gasteiger partial charge on any atom is 0.260 e. The Bertz CT molecular complexity index is 571. The molecule has 1 aromatic heterocycles. The van der Waals surface area contributed by atoms with Gasteiger partial charge in [-0.05, 0) is 30.5 Å². The standard InChI is InChI=1S/C15H16FNO2S/c1-11(14-7-4-8-20-14)17(2)15(18)10-19-13-6-3-5-12(16)9-13/h3-9,11H,10H2,1-2H3. The van der Waals surface area contributed by atoms with Crippen LogP contribution in [-0.2, 0) is 4.79 Å². The molecule has 2 aromatic rings. The van der Waals surface area contributed by atoms with Crippen LogP contribution in [0, 0.1) is 5.82 Å². The van der Waals surface area contributed by atoms with Crippen LogP contribution in [0.2, 0.25) is 0 Å². The number of hydrogen-bond acceptors (Lipinski definition) is 3. The molecule has 2 rings (SSSR count). The van der Waals surface area contributed by atoms with Gasteiger partial charge in [0.25, 0.3) is 5.91 Å². The van der Waals surface area contributed by atoms with Crippen molar-refractivity contribution in [3.8, 4) is 5.75 Å². The lowest BCUT2D eigenvalue weighted by Crippen LogP contribution is -2.33. The highest BCUT2D eigenvalue weighted by molar-refractivity contribution is 7.10. The average molecular weight is 293 g/mol. The molecule has 106 valence electrons. The van der Waals surface area contributed by atoms with Crippen molar-refractivity contribution < 1.29 is 13.9 Å². The van der Waals surface area contributed by atoms with Gasteiger partial charge in [0.15, 0.2) is 6.61 Å². The molecule has 1 heterocycles. The van der Waals surface area contributed by atoms with Crippen LogP contribution in [0.5, 0.6) is 5.75 Å². The van der Waals surface area contributed by atoms with Crippen molar-refractivity contribution in [1.82, 2.24) is 4.90 Å². The van der Waals surface area contributed by atoms with Crippen molar-refractivity contribution in [2.75, 3.05) is 13.7 Å². The van der Waals surface area contributed by atoms with Crippen molar-refractivity contribution in [2.45, 2.75) is 13.0 Å². The van der Waals surface area contributed by atoms with Crippen LogP contribution in [0.3, 0.4) is 0 Å². The fraction of sp³-hybridized carbons (Fsp3) is 0.267. The number of thiophene rings is 1. The molecule has 1 atom stereocenters. The van der Waals surface area contributed by atoms with Crippen LogP contribution in [0.1, 0.15) is 17.8 Å². The Morgan fingerprint density at radius 2 is 2.20 bits per heavy atom.